The molecule has 0 fully saturated rings. The highest BCUT2D eigenvalue weighted by Gasteiger charge is 2.19. The zero-order chi connectivity index (χ0) is 15.1. The minimum atomic E-state index is -1.18. The van der Waals surface area contributed by atoms with Crippen LogP contribution in [0.15, 0.2) is 18.2 Å². The molecule has 20 heavy (non-hydrogen) atoms. The number of amides is 1. The Kier molecular flexibility index (Phi) is 5.99. The van der Waals surface area contributed by atoms with Gasteiger partial charge in [0, 0.05) is 13.0 Å². The number of aliphatic hydroxyl groups is 1. The normalized spacial score (nSPS) is 11.8. The molecule has 1 aromatic carbocycles. The van der Waals surface area contributed by atoms with Crippen molar-refractivity contribution >= 4 is 11.9 Å². The summed E-state index contributed by atoms with van der Waals surface area (Å²) in [6.07, 6.45) is -0.0372. The monoisotopic (exact) mass is 281 g/mol. The van der Waals surface area contributed by atoms with Crippen LogP contribution >= 0.6 is 0 Å². The van der Waals surface area contributed by atoms with Crippen molar-refractivity contribution in [1.82, 2.24) is 5.32 Å². The first-order valence-electron chi connectivity index (χ1n) is 6.27. The fourth-order valence-electron chi connectivity index (χ4n) is 1.79. The summed E-state index contributed by atoms with van der Waals surface area (Å²) in [5, 5.41) is 19.9. The number of carbonyl (C=O) groups is 2. The molecule has 1 rings (SSSR count). The third-order valence-electron chi connectivity index (χ3n) is 2.81. The van der Waals surface area contributed by atoms with Gasteiger partial charge >= 0.3 is 5.97 Å². The third-order valence-corrected chi connectivity index (χ3v) is 2.81. The Labute approximate surface area is 117 Å². The van der Waals surface area contributed by atoms with Crippen molar-refractivity contribution in [2.75, 3.05) is 13.2 Å². The number of nitrogens with one attached hydrogen (secondary N) is 1. The lowest BCUT2D eigenvalue weighted by Crippen LogP contribution is -2.43. The largest absolute Gasteiger partial charge is 0.483 e. The van der Waals surface area contributed by atoms with Gasteiger partial charge in [0.25, 0.3) is 5.91 Å². The lowest BCUT2D eigenvalue weighted by Gasteiger charge is -2.15. The summed E-state index contributed by atoms with van der Waals surface area (Å²) in [7, 11) is 0. The van der Waals surface area contributed by atoms with Crippen LogP contribution in [0.1, 0.15) is 17.5 Å². The smallest absolute Gasteiger partial charge is 0.326 e. The first-order valence-corrected chi connectivity index (χ1v) is 6.27. The van der Waals surface area contributed by atoms with Gasteiger partial charge in [-0.2, -0.15) is 0 Å². The Morgan fingerprint density at radius 3 is 2.40 bits per heavy atom. The Morgan fingerprint density at radius 1 is 1.30 bits per heavy atom. The fourth-order valence-corrected chi connectivity index (χ4v) is 1.79. The molecule has 0 bridgehead atoms. The number of benzene rings is 1. The minimum Gasteiger partial charge on any atom is -0.483 e. The molecule has 0 saturated carbocycles. The van der Waals surface area contributed by atoms with E-state index in [1.54, 1.807) is 0 Å². The van der Waals surface area contributed by atoms with Gasteiger partial charge < -0.3 is 20.3 Å². The van der Waals surface area contributed by atoms with Crippen LogP contribution in [0.25, 0.3) is 0 Å². The molecule has 1 aromatic rings. The molecular formula is C14H19NO5. The molecule has 3 N–H and O–H groups in total. The molecule has 1 atom stereocenters. The quantitative estimate of drug-likeness (QED) is 0.681. The number of aliphatic hydroxyl groups excluding tert-OH is 1. The summed E-state index contributed by atoms with van der Waals surface area (Å²) in [6, 6.07) is 4.52. The average Bonchev–Trinajstić information content (AvgIpc) is 2.37. The average molecular weight is 281 g/mol. The van der Waals surface area contributed by atoms with Crippen molar-refractivity contribution in [2.24, 2.45) is 0 Å². The lowest BCUT2D eigenvalue weighted by atomic mass is 10.1. The van der Waals surface area contributed by atoms with Crippen LogP contribution in [-0.4, -0.2) is 41.3 Å². The molecular weight excluding hydrogens is 262 g/mol. The standard InChI is InChI=1S/C14H19NO5/c1-9-4-3-5-10(2)13(9)20-8-12(17)15-11(6-7-16)14(18)19/h3-5,11,16H,6-8H2,1-2H3,(H,15,17)(H,18,19). The summed E-state index contributed by atoms with van der Waals surface area (Å²) in [6.45, 7) is 3.16. The van der Waals surface area contributed by atoms with E-state index in [0.29, 0.717) is 5.75 Å². The van der Waals surface area contributed by atoms with Gasteiger partial charge in [0.05, 0.1) is 0 Å². The van der Waals surface area contributed by atoms with E-state index in [2.05, 4.69) is 5.32 Å². The number of aliphatic carboxylic acids is 1. The number of carbonyl (C=O) groups excluding carboxylic acids is 1. The Balaban J connectivity index is 2.57. The summed E-state index contributed by atoms with van der Waals surface area (Å²) < 4.78 is 5.42. The van der Waals surface area contributed by atoms with E-state index in [9.17, 15) is 9.59 Å². The van der Waals surface area contributed by atoms with Gasteiger partial charge in [0.2, 0.25) is 0 Å². The summed E-state index contributed by atoms with van der Waals surface area (Å²) in [4.78, 5) is 22.5. The Bertz CT molecular complexity index is 466. The Morgan fingerprint density at radius 2 is 1.90 bits per heavy atom. The maximum atomic E-state index is 11.6. The Hall–Kier alpha value is -2.08. The molecule has 0 radical (unpaired) electrons. The van der Waals surface area contributed by atoms with Crippen LogP contribution in [0.4, 0.5) is 0 Å². The van der Waals surface area contributed by atoms with Crippen molar-refractivity contribution in [1.29, 1.82) is 0 Å². The highest BCUT2D eigenvalue weighted by atomic mass is 16.5. The number of hydrogen-bond donors (Lipinski definition) is 3. The van der Waals surface area contributed by atoms with Crippen LogP contribution in [0.2, 0.25) is 0 Å². The molecule has 0 aliphatic heterocycles. The lowest BCUT2D eigenvalue weighted by molar-refractivity contribution is -0.142. The fraction of sp³-hybridized carbons (Fsp3) is 0.429. The molecule has 0 aliphatic carbocycles. The van der Waals surface area contributed by atoms with Crippen LogP contribution in [0.5, 0.6) is 5.75 Å². The van der Waals surface area contributed by atoms with Gasteiger partial charge in [0.15, 0.2) is 6.61 Å². The molecule has 0 spiro atoms. The molecule has 1 amide bonds. The van der Waals surface area contributed by atoms with Crippen molar-refractivity contribution in [3.05, 3.63) is 29.3 Å². The first-order chi connectivity index (χ1) is 9.45. The molecule has 0 saturated heterocycles. The summed E-state index contributed by atoms with van der Waals surface area (Å²) in [5.74, 6) is -1.09. The van der Waals surface area contributed by atoms with Crippen molar-refractivity contribution in [2.45, 2.75) is 26.3 Å². The van der Waals surface area contributed by atoms with Crippen LogP contribution < -0.4 is 10.1 Å². The summed E-state index contributed by atoms with van der Waals surface area (Å²) in [5.41, 5.74) is 1.81. The molecule has 6 nitrogen and oxygen atoms in total. The van der Waals surface area contributed by atoms with Crippen molar-refractivity contribution in [3.63, 3.8) is 0 Å². The van der Waals surface area contributed by atoms with Crippen LogP contribution in [0, 0.1) is 13.8 Å². The van der Waals surface area contributed by atoms with E-state index in [0.717, 1.165) is 11.1 Å². The third kappa shape index (κ3) is 4.55. The number of carboxylic acid groups (broad SMARTS) is 1. The maximum absolute atomic E-state index is 11.6. The molecule has 0 heterocycles. The molecule has 6 heteroatoms. The maximum Gasteiger partial charge on any atom is 0.326 e. The van der Waals surface area contributed by atoms with Crippen LogP contribution in [0.3, 0.4) is 0 Å². The van der Waals surface area contributed by atoms with Gasteiger partial charge in [0.1, 0.15) is 11.8 Å². The van der Waals surface area contributed by atoms with Crippen molar-refractivity contribution in [3.8, 4) is 5.75 Å². The molecule has 1 unspecified atom stereocenters. The predicted molar refractivity (Wildman–Crippen MR) is 72.7 cm³/mol. The zero-order valence-corrected chi connectivity index (χ0v) is 11.5. The van der Waals surface area contributed by atoms with E-state index in [-0.39, 0.29) is 19.6 Å². The summed E-state index contributed by atoms with van der Waals surface area (Å²) >= 11 is 0. The van der Waals surface area contributed by atoms with E-state index in [4.69, 9.17) is 14.9 Å². The van der Waals surface area contributed by atoms with E-state index >= 15 is 0 Å². The molecule has 0 aliphatic rings. The second-order valence-corrected chi connectivity index (χ2v) is 4.48. The number of aryl methyl sites for hydroxylation is 2. The zero-order valence-electron chi connectivity index (χ0n) is 11.5. The van der Waals surface area contributed by atoms with Crippen molar-refractivity contribution < 1.29 is 24.5 Å². The second kappa shape index (κ2) is 7.49. The highest BCUT2D eigenvalue weighted by molar-refractivity contribution is 5.84. The first kappa shape index (κ1) is 16.0. The van der Waals surface area contributed by atoms with E-state index in [1.165, 1.54) is 0 Å². The predicted octanol–water partition coefficient (Wildman–Crippen LogP) is 0.634. The number of hydrogen-bond acceptors (Lipinski definition) is 4. The number of ether oxygens (including phenoxy) is 1. The molecule has 110 valence electrons. The minimum absolute atomic E-state index is 0.0372. The highest BCUT2D eigenvalue weighted by Crippen LogP contribution is 2.21. The van der Waals surface area contributed by atoms with E-state index in [1.807, 2.05) is 32.0 Å². The van der Waals surface area contributed by atoms with Crippen LogP contribution in [-0.2, 0) is 9.59 Å². The van der Waals surface area contributed by atoms with Gasteiger partial charge in [-0.1, -0.05) is 18.2 Å². The SMILES string of the molecule is Cc1cccc(C)c1OCC(=O)NC(CCO)C(=O)O. The molecule has 0 aromatic heterocycles. The van der Waals surface area contributed by atoms with Gasteiger partial charge in [-0.3, -0.25) is 4.79 Å². The van der Waals surface area contributed by atoms with Gasteiger partial charge in [-0.15, -0.1) is 0 Å². The van der Waals surface area contributed by atoms with Gasteiger partial charge in [-0.25, -0.2) is 4.79 Å². The number of carboxylic acids is 1. The topological polar surface area (TPSA) is 95.9 Å². The second-order valence-electron chi connectivity index (χ2n) is 4.48. The van der Waals surface area contributed by atoms with Gasteiger partial charge in [-0.05, 0) is 25.0 Å². The number of para-hydroxylation sites is 1. The van der Waals surface area contributed by atoms with E-state index < -0.39 is 17.9 Å². The number of rotatable bonds is 7.